The van der Waals surface area contributed by atoms with Crippen molar-refractivity contribution in [3.63, 3.8) is 0 Å². The molecule has 56 heavy (non-hydrogen) atoms. The van der Waals surface area contributed by atoms with Crippen molar-refractivity contribution in [3.8, 4) is 39.9 Å². The van der Waals surface area contributed by atoms with E-state index >= 15 is 0 Å². The van der Waals surface area contributed by atoms with Crippen molar-refractivity contribution >= 4 is 61.2 Å². The molecule has 8 aromatic carbocycles. The molecular formula is C51H32N4S. The first kappa shape index (κ1) is 31.5. The molecule has 4 nitrogen and oxygen atoms in total. The fourth-order valence-corrected chi connectivity index (χ4v) is 10.7. The molecule has 0 N–H and O–H groups in total. The Morgan fingerprint density at radius 2 is 1.18 bits per heavy atom. The SMILES string of the molecule is C1=CC2Sc3c(c(-c4nc(-c5ccccc5)nc(-c5cccc6c5c5ccccc5n6-c5ccccc5)n4)cc4ccc5ccccc5c34)C2c2ccccc21. The van der Waals surface area contributed by atoms with Crippen LogP contribution in [-0.2, 0) is 0 Å². The standard InChI is InChI=1S/C51H32N4S/c1-3-16-33(17-4-1)49-52-50(39-23-13-25-42-45(39)38-22-11-12-24-41(38)55(42)35-18-5-2-6-19-35)54-51(53-49)40-30-34-27-26-31-14-7-9-20-36(31)44(34)48-47(40)46-37-21-10-8-15-32(37)28-29-43(46)56-48/h1-30,43,46H. The van der Waals surface area contributed by atoms with Crippen LogP contribution in [0.4, 0.5) is 0 Å². The van der Waals surface area contributed by atoms with Crippen LogP contribution in [0.1, 0.15) is 22.6 Å². The molecule has 2 aliphatic rings. The fourth-order valence-electron chi connectivity index (χ4n) is 9.16. The van der Waals surface area contributed by atoms with Gasteiger partial charge in [-0.05, 0) is 63.2 Å². The van der Waals surface area contributed by atoms with Crippen LogP contribution in [0.2, 0.25) is 0 Å². The Balaban J connectivity index is 1.18. The van der Waals surface area contributed by atoms with E-state index in [4.69, 9.17) is 15.0 Å². The zero-order valence-electron chi connectivity index (χ0n) is 30.2. The summed E-state index contributed by atoms with van der Waals surface area (Å²) in [5.74, 6) is 2.17. The van der Waals surface area contributed by atoms with Crippen LogP contribution < -0.4 is 0 Å². The minimum atomic E-state index is 0.155. The largest absolute Gasteiger partial charge is 0.309 e. The quantitative estimate of drug-likeness (QED) is 0.169. The van der Waals surface area contributed by atoms with E-state index in [9.17, 15) is 0 Å². The van der Waals surface area contributed by atoms with Gasteiger partial charge < -0.3 is 4.57 Å². The van der Waals surface area contributed by atoms with E-state index in [-0.39, 0.29) is 11.2 Å². The number of hydrogen-bond donors (Lipinski definition) is 0. The molecule has 262 valence electrons. The van der Waals surface area contributed by atoms with Gasteiger partial charge in [-0.3, -0.25) is 0 Å². The maximum Gasteiger partial charge on any atom is 0.164 e. The lowest BCUT2D eigenvalue weighted by atomic mass is 9.79. The lowest BCUT2D eigenvalue weighted by Gasteiger charge is -2.25. The highest BCUT2D eigenvalue weighted by atomic mass is 32.2. The summed E-state index contributed by atoms with van der Waals surface area (Å²) < 4.78 is 2.35. The molecule has 0 saturated heterocycles. The monoisotopic (exact) mass is 732 g/mol. The second-order valence-electron chi connectivity index (χ2n) is 14.7. The minimum absolute atomic E-state index is 0.155. The van der Waals surface area contributed by atoms with Gasteiger partial charge >= 0.3 is 0 Å². The number of rotatable bonds is 4. The van der Waals surface area contributed by atoms with Crippen molar-refractivity contribution in [2.24, 2.45) is 0 Å². The van der Waals surface area contributed by atoms with Crippen molar-refractivity contribution in [2.75, 3.05) is 0 Å². The third kappa shape index (κ3) is 4.71. The van der Waals surface area contributed by atoms with E-state index in [0.717, 1.165) is 44.2 Å². The predicted octanol–water partition coefficient (Wildman–Crippen LogP) is 12.9. The number of hydrogen-bond acceptors (Lipinski definition) is 4. The summed E-state index contributed by atoms with van der Waals surface area (Å²) in [4.78, 5) is 17.5. The van der Waals surface area contributed by atoms with Gasteiger partial charge in [0.25, 0.3) is 0 Å². The van der Waals surface area contributed by atoms with Gasteiger partial charge in [-0.15, -0.1) is 11.8 Å². The van der Waals surface area contributed by atoms with Crippen LogP contribution in [0.5, 0.6) is 0 Å². The highest BCUT2D eigenvalue weighted by molar-refractivity contribution is 8.00. The first-order chi connectivity index (χ1) is 27.8. The van der Waals surface area contributed by atoms with Crippen molar-refractivity contribution in [3.05, 3.63) is 193 Å². The van der Waals surface area contributed by atoms with Gasteiger partial charge in [0.15, 0.2) is 17.5 Å². The van der Waals surface area contributed by atoms with Crippen molar-refractivity contribution in [1.82, 2.24) is 19.5 Å². The minimum Gasteiger partial charge on any atom is -0.309 e. The van der Waals surface area contributed by atoms with Gasteiger partial charge in [-0.25, -0.2) is 15.0 Å². The molecular weight excluding hydrogens is 701 g/mol. The molecule has 0 spiro atoms. The lowest BCUT2D eigenvalue weighted by molar-refractivity contribution is 0.846. The molecule has 2 atom stereocenters. The first-order valence-corrected chi connectivity index (χ1v) is 20.0. The number of para-hydroxylation sites is 2. The van der Waals surface area contributed by atoms with E-state index in [2.05, 4.69) is 181 Å². The van der Waals surface area contributed by atoms with Crippen molar-refractivity contribution in [2.45, 2.75) is 16.1 Å². The van der Waals surface area contributed by atoms with E-state index < -0.39 is 0 Å². The first-order valence-electron chi connectivity index (χ1n) is 19.1. The average Bonchev–Trinajstić information content (AvgIpc) is 3.83. The summed E-state index contributed by atoms with van der Waals surface area (Å²) in [5, 5.41) is 7.57. The zero-order chi connectivity index (χ0) is 36.7. The van der Waals surface area contributed by atoms with Gasteiger partial charge in [0, 0.05) is 54.6 Å². The summed E-state index contributed by atoms with van der Waals surface area (Å²) in [7, 11) is 0. The maximum atomic E-state index is 5.52. The van der Waals surface area contributed by atoms with Gasteiger partial charge in [0.05, 0.1) is 11.0 Å². The fraction of sp³-hybridized carbons (Fsp3) is 0.0392. The van der Waals surface area contributed by atoms with Gasteiger partial charge in [-0.1, -0.05) is 152 Å². The third-order valence-electron chi connectivity index (χ3n) is 11.6. The molecule has 0 radical (unpaired) electrons. The third-order valence-corrected chi connectivity index (χ3v) is 12.9. The molecule has 1 aliphatic carbocycles. The van der Waals surface area contributed by atoms with Gasteiger partial charge in [0.1, 0.15) is 0 Å². The summed E-state index contributed by atoms with van der Waals surface area (Å²) in [6, 6.07) is 60.6. The van der Waals surface area contributed by atoms with Crippen LogP contribution in [-0.4, -0.2) is 24.8 Å². The molecule has 0 amide bonds. The smallest absolute Gasteiger partial charge is 0.164 e. The Kier molecular flexibility index (Phi) is 6.95. The molecule has 0 saturated carbocycles. The zero-order valence-corrected chi connectivity index (χ0v) is 31.0. The van der Waals surface area contributed by atoms with Crippen molar-refractivity contribution < 1.29 is 0 Å². The summed E-state index contributed by atoms with van der Waals surface area (Å²) >= 11 is 1.98. The summed E-state index contributed by atoms with van der Waals surface area (Å²) in [6.45, 7) is 0. The van der Waals surface area contributed by atoms with Crippen molar-refractivity contribution in [1.29, 1.82) is 0 Å². The maximum absolute atomic E-state index is 5.52. The van der Waals surface area contributed by atoms with E-state index in [1.807, 2.05) is 17.8 Å². The molecule has 1 aliphatic heterocycles. The number of fused-ring (bicyclic) bond motifs is 12. The summed E-state index contributed by atoms with van der Waals surface area (Å²) in [5.41, 5.74) is 10.3. The molecule has 0 bridgehead atoms. The molecule has 12 rings (SSSR count). The Hall–Kier alpha value is -6.82. The lowest BCUT2D eigenvalue weighted by Crippen LogP contribution is -2.15. The Morgan fingerprint density at radius 1 is 0.500 bits per heavy atom. The van der Waals surface area contributed by atoms with E-state index in [1.165, 1.54) is 43.1 Å². The van der Waals surface area contributed by atoms with Gasteiger partial charge in [0.2, 0.25) is 0 Å². The number of thioether (sulfide) groups is 1. The Bertz CT molecular complexity index is 3240. The Labute approximate surface area is 327 Å². The Morgan fingerprint density at radius 3 is 2.05 bits per heavy atom. The summed E-state index contributed by atoms with van der Waals surface area (Å²) in [6.07, 6.45) is 4.70. The normalized spacial score (nSPS) is 15.7. The molecule has 0 fully saturated rings. The topological polar surface area (TPSA) is 43.6 Å². The van der Waals surface area contributed by atoms with E-state index in [0.29, 0.717) is 17.5 Å². The number of aromatic nitrogens is 4. The average molecular weight is 733 g/mol. The number of nitrogens with zero attached hydrogens (tertiary/aromatic N) is 4. The molecule has 2 unspecified atom stereocenters. The second-order valence-corrected chi connectivity index (χ2v) is 15.8. The second kappa shape index (κ2) is 12.4. The molecule has 5 heteroatoms. The van der Waals surface area contributed by atoms with Crippen LogP contribution >= 0.6 is 11.8 Å². The van der Waals surface area contributed by atoms with Crippen LogP contribution in [0.25, 0.3) is 89.3 Å². The highest BCUT2D eigenvalue weighted by Gasteiger charge is 2.40. The van der Waals surface area contributed by atoms with Crippen LogP contribution in [0, 0.1) is 0 Å². The predicted molar refractivity (Wildman–Crippen MR) is 232 cm³/mol. The van der Waals surface area contributed by atoms with Crippen LogP contribution in [0.15, 0.2) is 181 Å². The highest BCUT2D eigenvalue weighted by Crippen LogP contribution is 2.58. The van der Waals surface area contributed by atoms with E-state index in [1.54, 1.807) is 0 Å². The number of benzene rings is 8. The molecule has 2 aromatic heterocycles. The molecule has 10 aromatic rings. The molecule has 3 heterocycles. The van der Waals surface area contributed by atoms with Crippen LogP contribution in [0.3, 0.4) is 0 Å². The van der Waals surface area contributed by atoms with Gasteiger partial charge in [-0.2, -0.15) is 0 Å².